The molecule has 0 N–H and O–H groups in total. The third kappa shape index (κ3) is 9.23. The topological polar surface area (TPSA) is 105 Å². The number of halogens is 6. The first-order chi connectivity index (χ1) is 22.6. The van der Waals surface area contributed by atoms with Gasteiger partial charge in [-0.05, 0) is 86.2 Å². The largest absolute Gasteiger partial charge is 0.462 e. The highest BCUT2D eigenvalue weighted by atomic mass is 35.5. The maximum absolute atomic E-state index is 13.1. The number of carbonyl (C=O) groups is 4. The minimum Gasteiger partial charge on any atom is -0.462 e. The van der Waals surface area contributed by atoms with Gasteiger partial charge in [0.2, 0.25) is 0 Å². The van der Waals surface area contributed by atoms with Crippen molar-refractivity contribution in [3.05, 3.63) is 53.4 Å². The second-order valence-corrected chi connectivity index (χ2v) is 15.4. The Labute approximate surface area is 309 Å². The van der Waals surface area contributed by atoms with Crippen molar-refractivity contribution in [2.75, 3.05) is 13.2 Å². The first-order valence-corrected chi connectivity index (χ1v) is 18.0. The van der Waals surface area contributed by atoms with Crippen molar-refractivity contribution in [2.24, 2.45) is 35.5 Å². The van der Waals surface area contributed by atoms with E-state index in [1.165, 1.54) is 0 Å². The van der Waals surface area contributed by atoms with Gasteiger partial charge in [-0.1, -0.05) is 97.3 Å². The normalized spacial score (nSPS) is 21.3. The molecule has 0 spiro atoms. The molecule has 2 aromatic rings. The van der Waals surface area contributed by atoms with Crippen LogP contribution in [0.15, 0.2) is 12.1 Å². The Bertz CT molecular complexity index is 1450. The third-order valence-corrected chi connectivity index (χ3v) is 11.4. The highest BCUT2D eigenvalue weighted by molar-refractivity contribution is 6.47. The van der Waals surface area contributed by atoms with Crippen LogP contribution >= 0.6 is 69.6 Å². The molecule has 2 atom stereocenters. The Kier molecular flexibility index (Phi) is 13.6. The maximum atomic E-state index is 13.1. The van der Waals surface area contributed by atoms with E-state index in [0.717, 1.165) is 37.8 Å². The SMILES string of the molecule is CC1CC(C(C)CCOC(=O)c2c(Cl)c(Cl)cc(Cl)c2OC(=O)C(=O)Oc2c(Cl)cc(Cl)c(Cl)c2C(=O)OCCC(C)C2CC(C)C2)C1. The van der Waals surface area contributed by atoms with Gasteiger partial charge in [-0.15, -0.1) is 0 Å². The molecule has 4 rings (SSSR count). The first kappa shape index (κ1) is 38.9. The van der Waals surface area contributed by atoms with Gasteiger partial charge in [-0.25, -0.2) is 19.2 Å². The van der Waals surface area contributed by atoms with Crippen molar-refractivity contribution < 1.29 is 38.1 Å². The van der Waals surface area contributed by atoms with E-state index >= 15 is 0 Å². The highest BCUT2D eigenvalue weighted by Gasteiger charge is 2.34. The fraction of sp³-hybridized carbons (Fsp3) is 0.529. The molecule has 0 aromatic heterocycles. The van der Waals surface area contributed by atoms with Crippen LogP contribution in [0.1, 0.15) is 86.9 Å². The van der Waals surface area contributed by atoms with Crippen molar-refractivity contribution in [3.63, 3.8) is 0 Å². The van der Waals surface area contributed by atoms with Gasteiger partial charge in [0.1, 0.15) is 11.1 Å². The average molecular weight is 785 g/mol. The van der Waals surface area contributed by atoms with E-state index in [1.54, 1.807) is 0 Å². The molecule has 0 heterocycles. The highest BCUT2D eigenvalue weighted by Crippen LogP contribution is 2.43. The molecule has 2 aromatic carbocycles. The summed E-state index contributed by atoms with van der Waals surface area (Å²) in [4.78, 5) is 52.2. The van der Waals surface area contributed by atoms with Gasteiger partial charge < -0.3 is 18.9 Å². The standard InChI is InChI=1S/C34H36Cl6O8/c1-15-9-19(10-15)17(3)5-7-45-31(41)25-27(39)21(35)13-23(37)29(25)47-33(43)34(44)48-30-24(38)14-22(36)28(40)26(30)32(42)46-8-6-18(4)20-11-16(2)12-20/h13-20H,5-12H2,1-4H3. The number of esters is 4. The predicted molar refractivity (Wildman–Crippen MR) is 186 cm³/mol. The quantitative estimate of drug-likeness (QED) is 0.0907. The van der Waals surface area contributed by atoms with Crippen LogP contribution in [0.5, 0.6) is 11.5 Å². The maximum Gasteiger partial charge on any atom is 0.423 e. The molecule has 2 saturated carbocycles. The molecule has 8 nitrogen and oxygen atoms in total. The Morgan fingerprint density at radius 2 is 0.958 bits per heavy atom. The van der Waals surface area contributed by atoms with Crippen LogP contribution in [-0.2, 0) is 19.1 Å². The molecule has 48 heavy (non-hydrogen) atoms. The number of benzene rings is 2. The summed E-state index contributed by atoms with van der Waals surface area (Å²) in [5.41, 5.74) is -0.912. The van der Waals surface area contributed by atoms with E-state index < -0.39 is 46.5 Å². The summed E-state index contributed by atoms with van der Waals surface area (Å²) in [5, 5.41) is -1.46. The molecule has 0 aliphatic heterocycles. The summed E-state index contributed by atoms with van der Waals surface area (Å²) in [7, 11) is 0. The van der Waals surface area contributed by atoms with Crippen LogP contribution in [0.2, 0.25) is 30.1 Å². The summed E-state index contributed by atoms with van der Waals surface area (Å²) in [6.07, 6.45) is 5.69. The first-order valence-electron chi connectivity index (χ1n) is 15.7. The van der Waals surface area contributed by atoms with Crippen molar-refractivity contribution in [1.82, 2.24) is 0 Å². The molecule has 0 bridgehead atoms. The van der Waals surface area contributed by atoms with Gasteiger partial charge in [0, 0.05) is 0 Å². The zero-order chi connectivity index (χ0) is 35.4. The van der Waals surface area contributed by atoms with Crippen molar-refractivity contribution in [3.8, 4) is 11.5 Å². The van der Waals surface area contributed by atoms with E-state index in [2.05, 4.69) is 27.7 Å². The van der Waals surface area contributed by atoms with Gasteiger partial charge in [0.05, 0.1) is 43.3 Å². The Balaban J connectivity index is 1.46. The van der Waals surface area contributed by atoms with E-state index in [4.69, 9.17) is 88.6 Å². The van der Waals surface area contributed by atoms with Gasteiger partial charge in [-0.3, -0.25) is 0 Å². The minimum atomic E-state index is -1.64. The number of hydrogen-bond acceptors (Lipinski definition) is 8. The summed E-state index contributed by atoms with van der Waals surface area (Å²) >= 11 is 37.5. The summed E-state index contributed by atoms with van der Waals surface area (Å²) in [5.74, 6) is -3.21. The lowest BCUT2D eigenvalue weighted by atomic mass is 9.69. The smallest absolute Gasteiger partial charge is 0.423 e. The van der Waals surface area contributed by atoms with Gasteiger partial charge in [0.15, 0.2) is 11.5 Å². The second-order valence-electron chi connectivity index (χ2n) is 13.0. The molecular weight excluding hydrogens is 749 g/mol. The molecule has 0 saturated heterocycles. The van der Waals surface area contributed by atoms with E-state index in [1.807, 2.05) is 0 Å². The van der Waals surface area contributed by atoms with Crippen LogP contribution < -0.4 is 9.47 Å². The predicted octanol–water partition coefficient (Wildman–Crippen LogP) is 10.6. The zero-order valence-corrected chi connectivity index (χ0v) is 31.3. The Hall–Kier alpha value is -1.94. The Morgan fingerprint density at radius 1 is 0.625 bits per heavy atom. The molecule has 2 aliphatic rings. The minimum absolute atomic E-state index is 0.0637. The van der Waals surface area contributed by atoms with Gasteiger partial charge in [-0.2, -0.15) is 0 Å². The molecule has 262 valence electrons. The average Bonchev–Trinajstić information content (AvgIpc) is 2.98. The van der Waals surface area contributed by atoms with E-state index in [0.29, 0.717) is 48.3 Å². The monoisotopic (exact) mass is 782 g/mol. The van der Waals surface area contributed by atoms with E-state index in [-0.39, 0.29) is 43.3 Å². The van der Waals surface area contributed by atoms with Crippen LogP contribution in [0.4, 0.5) is 0 Å². The number of carbonyl (C=O) groups excluding carboxylic acids is 4. The molecule has 2 fully saturated rings. The fourth-order valence-electron chi connectivity index (χ4n) is 6.14. The lowest BCUT2D eigenvalue weighted by molar-refractivity contribution is -0.156. The summed E-state index contributed by atoms with van der Waals surface area (Å²) in [6.45, 7) is 8.70. The van der Waals surface area contributed by atoms with Gasteiger partial charge >= 0.3 is 23.9 Å². The van der Waals surface area contributed by atoms with Crippen LogP contribution in [0, 0.1) is 35.5 Å². The van der Waals surface area contributed by atoms with Crippen molar-refractivity contribution >= 4 is 93.5 Å². The van der Waals surface area contributed by atoms with Crippen LogP contribution in [0.3, 0.4) is 0 Å². The molecule has 0 radical (unpaired) electrons. The van der Waals surface area contributed by atoms with Crippen LogP contribution in [-0.4, -0.2) is 37.1 Å². The number of ether oxygens (including phenoxy) is 4. The molecule has 0 amide bonds. The lowest BCUT2D eigenvalue weighted by Gasteiger charge is -2.37. The lowest BCUT2D eigenvalue weighted by Crippen LogP contribution is -2.28. The van der Waals surface area contributed by atoms with E-state index in [9.17, 15) is 19.2 Å². The van der Waals surface area contributed by atoms with Crippen LogP contribution in [0.25, 0.3) is 0 Å². The molecule has 2 aliphatic carbocycles. The fourth-order valence-corrected chi connectivity index (χ4v) is 7.58. The molecular formula is C34H36Cl6O8. The summed E-state index contributed by atoms with van der Waals surface area (Å²) in [6, 6.07) is 2.26. The zero-order valence-electron chi connectivity index (χ0n) is 26.8. The number of rotatable bonds is 12. The summed E-state index contributed by atoms with van der Waals surface area (Å²) < 4.78 is 21.2. The van der Waals surface area contributed by atoms with Gasteiger partial charge in [0.25, 0.3) is 0 Å². The second kappa shape index (κ2) is 16.8. The molecule has 14 heteroatoms. The number of hydrogen-bond donors (Lipinski definition) is 0. The third-order valence-electron chi connectivity index (χ3n) is 9.26. The van der Waals surface area contributed by atoms with Crippen molar-refractivity contribution in [1.29, 1.82) is 0 Å². The Morgan fingerprint density at radius 3 is 1.27 bits per heavy atom. The van der Waals surface area contributed by atoms with Crippen molar-refractivity contribution in [2.45, 2.75) is 66.2 Å². The molecule has 2 unspecified atom stereocenters.